The van der Waals surface area contributed by atoms with Crippen molar-refractivity contribution in [3.63, 3.8) is 0 Å². The monoisotopic (exact) mass is 350 g/mol. The topological polar surface area (TPSA) is 81.4 Å². The fourth-order valence-corrected chi connectivity index (χ4v) is 4.42. The van der Waals surface area contributed by atoms with Crippen LogP contribution >= 0.6 is 11.6 Å². The Morgan fingerprint density at radius 2 is 2.17 bits per heavy atom. The van der Waals surface area contributed by atoms with Gasteiger partial charge in [-0.15, -0.1) is 0 Å². The van der Waals surface area contributed by atoms with Gasteiger partial charge in [-0.3, -0.25) is 4.79 Å². The molecule has 130 valence electrons. The molecule has 4 atom stereocenters. The lowest BCUT2D eigenvalue weighted by Gasteiger charge is -2.28. The van der Waals surface area contributed by atoms with E-state index in [4.69, 9.17) is 22.1 Å². The number of carbonyl (C=O) groups excluding carboxylic acids is 2. The summed E-state index contributed by atoms with van der Waals surface area (Å²) in [5, 5.41) is 3.41. The van der Waals surface area contributed by atoms with Crippen LogP contribution in [0.25, 0.3) is 0 Å². The van der Waals surface area contributed by atoms with E-state index < -0.39 is 5.97 Å². The summed E-state index contributed by atoms with van der Waals surface area (Å²) >= 11 is 5.80. The van der Waals surface area contributed by atoms with Crippen LogP contribution in [0.2, 0.25) is 5.02 Å². The Labute approximate surface area is 146 Å². The molecule has 24 heavy (non-hydrogen) atoms. The van der Waals surface area contributed by atoms with Crippen LogP contribution in [0, 0.1) is 17.8 Å². The van der Waals surface area contributed by atoms with Gasteiger partial charge in [0.1, 0.15) is 0 Å². The van der Waals surface area contributed by atoms with Gasteiger partial charge in [0.15, 0.2) is 6.61 Å². The molecule has 3 rings (SSSR count). The molecule has 3 N–H and O–H groups in total. The molecular weight excluding hydrogens is 328 g/mol. The maximum atomic E-state index is 12.1. The molecule has 2 fully saturated rings. The van der Waals surface area contributed by atoms with Crippen LogP contribution in [-0.4, -0.2) is 24.5 Å². The van der Waals surface area contributed by atoms with Gasteiger partial charge in [0.05, 0.1) is 5.56 Å². The van der Waals surface area contributed by atoms with Crippen molar-refractivity contribution < 1.29 is 14.3 Å². The smallest absolute Gasteiger partial charge is 0.340 e. The van der Waals surface area contributed by atoms with Crippen LogP contribution in [0.3, 0.4) is 0 Å². The van der Waals surface area contributed by atoms with E-state index in [0.29, 0.717) is 10.9 Å². The molecule has 0 heterocycles. The second-order valence-electron chi connectivity index (χ2n) is 7.00. The standard InChI is InChI=1S/C18H23ClN2O3/c1-10(15-7-11-2-3-12(15)6-11)21-17(22)9-24-18(23)14-5-4-13(19)8-16(14)20/h4-5,8,10-12,15H,2-3,6-7,9,20H2,1H3,(H,21,22)/t10-,11-,12-,15+/m0/s1. The number of nitrogens with two attached hydrogens (primary N) is 1. The van der Waals surface area contributed by atoms with Crippen LogP contribution in [0.15, 0.2) is 18.2 Å². The predicted octanol–water partition coefficient (Wildman–Crippen LogP) is 3.02. The van der Waals surface area contributed by atoms with Gasteiger partial charge in [-0.25, -0.2) is 4.79 Å². The number of benzene rings is 1. The first-order valence-corrected chi connectivity index (χ1v) is 8.83. The third kappa shape index (κ3) is 3.66. The summed E-state index contributed by atoms with van der Waals surface area (Å²) < 4.78 is 5.06. The fraction of sp³-hybridized carbons (Fsp3) is 0.556. The molecular formula is C18H23ClN2O3. The Balaban J connectivity index is 1.47. The number of rotatable bonds is 5. The van der Waals surface area contributed by atoms with Crippen LogP contribution in [0.1, 0.15) is 43.0 Å². The fourth-order valence-electron chi connectivity index (χ4n) is 4.24. The Bertz CT molecular complexity index is 649. The molecule has 6 heteroatoms. The highest BCUT2D eigenvalue weighted by Gasteiger charge is 2.42. The first kappa shape index (κ1) is 17.1. The Kier molecular flexibility index (Phi) is 4.99. The van der Waals surface area contributed by atoms with Crippen LogP contribution in [0.5, 0.6) is 0 Å². The molecule has 0 aromatic heterocycles. The number of anilines is 1. The lowest BCUT2D eigenvalue weighted by Crippen LogP contribution is -2.42. The van der Waals surface area contributed by atoms with Crippen molar-refractivity contribution in [1.82, 2.24) is 5.32 Å². The molecule has 0 aliphatic heterocycles. The normalized spacial score (nSPS) is 26.2. The number of hydrogen-bond donors (Lipinski definition) is 2. The van der Waals surface area contributed by atoms with E-state index in [9.17, 15) is 9.59 Å². The molecule has 1 aromatic rings. The van der Waals surface area contributed by atoms with E-state index in [2.05, 4.69) is 5.32 Å². The van der Waals surface area contributed by atoms with Gasteiger partial charge in [0.2, 0.25) is 0 Å². The number of amides is 1. The first-order chi connectivity index (χ1) is 11.4. The van der Waals surface area contributed by atoms with Crippen molar-refractivity contribution in [2.45, 2.75) is 38.6 Å². The Morgan fingerprint density at radius 1 is 1.38 bits per heavy atom. The van der Waals surface area contributed by atoms with Gasteiger partial charge in [-0.1, -0.05) is 18.0 Å². The van der Waals surface area contributed by atoms with Gasteiger partial charge in [0.25, 0.3) is 5.91 Å². The number of fused-ring (bicyclic) bond motifs is 2. The van der Waals surface area contributed by atoms with Crippen molar-refractivity contribution in [1.29, 1.82) is 0 Å². The van der Waals surface area contributed by atoms with E-state index in [0.717, 1.165) is 11.8 Å². The van der Waals surface area contributed by atoms with Crippen molar-refractivity contribution in [3.05, 3.63) is 28.8 Å². The second-order valence-corrected chi connectivity index (χ2v) is 7.44. The predicted molar refractivity (Wildman–Crippen MR) is 92.7 cm³/mol. The summed E-state index contributed by atoms with van der Waals surface area (Å²) in [5.41, 5.74) is 6.20. The number of esters is 1. The average molecular weight is 351 g/mol. The molecule has 5 nitrogen and oxygen atoms in total. The Hall–Kier alpha value is -1.75. The van der Waals surface area contributed by atoms with Crippen molar-refractivity contribution in [2.24, 2.45) is 17.8 Å². The molecule has 0 spiro atoms. The Morgan fingerprint density at radius 3 is 2.79 bits per heavy atom. The van der Waals surface area contributed by atoms with Gasteiger partial charge in [-0.2, -0.15) is 0 Å². The SMILES string of the molecule is C[C@H](NC(=O)COC(=O)c1ccc(Cl)cc1N)[C@H]1C[C@H]2CC[C@H]1C2. The molecule has 2 aliphatic rings. The summed E-state index contributed by atoms with van der Waals surface area (Å²) in [7, 11) is 0. The number of ether oxygens (including phenoxy) is 1. The molecule has 0 saturated heterocycles. The van der Waals surface area contributed by atoms with Crippen molar-refractivity contribution in [2.75, 3.05) is 12.3 Å². The first-order valence-electron chi connectivity index (χ1n) is 8.45. The minimum absolute atomic E-state index is 0.118. The number of nitrogen functional groups attached to an aromatic ring is 1. The molecule has 1 amide bonds. The lowest BCUT2D eigenvalue weighted by atomic mass is 9.84. The second kappa shape index (κ2) is 7.01. The highest BCUT2D eigenvalue weighted by Crippen LogP contribution is 2.49. The third-order valence-electron chi connectivity index (χ3n) is 5.39. The molecule has 2 bridgehead atoms. The van der Waals surface area contributed by atoms with Crippen molar-refractivity contribution in [3.8, 4) is 0 Å². The number of halogens is 1. The van der Waals surface area contributed by atoms with E-state index in [1.54, 1.807) is 6.07 Å². The largest absolute Gasteiger partial charge is 0.452 e. The van der Waals surface area contributed by atoms with E-state index >= 15 is 0 Å². The number of nitrogens with one attached hydrogen (secondary N) is 1. The zero-order chi connectivity index (χ0) is 17.3. The minimum Gasteiger partial charge on any atom is -0.452 e. The van der Waals surface area contributed by atoms with Gasteiger partial charge >= 0.3 is 5.97 Å². The maximum absolute atomic E-state index is 12.1. The van der Waals surface area contributed by atoms with Gasteiger partial charge in [-0.05, 0) is 62.1 Å². The molecule has 0 radical (unpaired) electrons. The van der Waals surface area contributed by atoms with Crippen LogP contribution in [0.4, 0.5) is 5.69 Å². The lowest BCUT2D eigenvalue weighted by molar-refractivity contribution is -0.125. The quantitative estimate of drug-likeness (QED) is 0.631. The molecule has 0 unspecified atom stereocenters. The van der Waals surface area contributed by atoms with Crippen LogP contribution < -0.4 is 11.1 Å². The summed E-state index contributed by atoms with van der Waals surface area (Å²) in [6, 6.07) is 4.66. The average Bonchev–Trinajstić information content (AvgIpc) is 3.15. The highest BCUT2D eigenvalue weighted by atomic mass is 35.5. The van der Waals surface area contributed by atoms with Gasteiger partial charge in [0, 0.05) is 16.8 Å². The highest BCUT2D eigenvalue weighted by molar-refractivity contribution is 6.31. The zero-order valence-corrected chi connectivity index (χ0v) is 14.5. The molecule has 2 saturated carbocycles. The number of hydrogen-bond acceptors (Lipinski definition) is 4. The minimum atomic E-state index is -0.619. The summed E-state index contributed by atoms with van der Waals surface area (Å²) in [5.74, 6) is 1.24. The maximum Gasteiger partial charge on any atom is 0.340 e. The van der Waals surface area contributed by atoms with Crippen molar-refractivity contribution >= 4 is 29.2 Å². The third-order valence-corrected chi connectivity index (χ3v) is 5.63. The summed E-state index contributed by atoms with van der Waals surface area (Å²) in [6.07, 6.45) is 5.12. The molecule has 1 aromatic carbocycles. The van der Waals surface area contributed by atoms with E-state index in [1.165, 1.54) is 37.8 Å². The van der Waals surface area contributed by atoms with Crippen LogP contribution in [-0.2, 0) is 9.53 Å². The zero-order valence-electron chi connectivity index (χ0n) is 13.8. The van der Waals surface area contributed by atoms with E-state index in [-0.39, 0.29) is 29.8 Å². The summed E-state index contributed by atoms with van der Waals surface area (Å²) in [4.78, 5) is 24.1. The van der Waals surface area contributed by atoms with Gasteiger partial charge < -0.3 is 15.8 Å². The molecule has 2 aliphatic carbocycles. The number of carbonyl (C=O) groups is 2. The van der Waals surface area contributed by atoms with E-state index in [1.807, 2.05) is 6.92 Å². The summed E-state index contributed by atoms with van der Waals surface area (Å²) in [6.45, 7) is 1.74.